The van der Waals surface area contributed by atoms with Crippen molar-refractivity contribution in [2.75, 3.05) is 26.4 Å². The number of halogens is 2. The molecule has 0 radical (unpaired) electrons. The van der Waals surface area contributed by atoms with Gasteiger partial charge in [0.1, 0.15) is 35.2 Å². The van der Waals surface area contributed by atoms with E-state index in [0.717, 1.165) is 6.42 Å². The second kappa shape index (κ2) is 15.0. The molecule has 280 valence electrons. The number of benzene rings is 2. The number of aromatic nitrogens is 2. The summed E-state index contributed by atoms with van der Waals surface area (Å²) in [6.07, 6.45) is 5.10. The van der Waals surface area contributed by atoms with Gasteiger partial charge < -0.3 is 34.5 Å². The Hall–Kier alpha value is -5.34. The molecule has 2 fully saturated rings. The van der Waals surface area contributed by atoms with Crippen molar-refractivity contribution in [3.05, 3.63) is 60.7 Å². The van der Waals surface area contributed by atoms with Crippen LogP contribution in [0.25, 0.3) is 22.3 Å². The van der Waals surface area contributed by atoms with Crippen LogP contribution >= 0.6 is 0 Å². The van der Waals surface area contributed by atoms with E-state index in [1.165, 1.54) is 17.0 Å². The smallest absolute Gasteiger partial charge is 0.408 e. The molecule has 2 N–H and O–H groups in total. The van der Waals surface area contributed by atoms with Crippen LogP contribution in [0.1, 0.15) is 51.9 Å². The van der Waals surface area contributed by atoms with Crippen LogP contribution in [0.2, 0.25) is 0 Å². The van der Waals surface area contributed by atoms with Crippen LogP contribution in [-0.4, -0.2) is 94.8 Å². The predicted octanol–water partition coefficient (Wildman–Crippen LogP) is 4.73. The Morgan fingerprint density at radius 1 is 1.02 bits per heavy atom. The lowest BCUT2D eigenvalue weighted by Crippen LogP contribution is -2.56. The lowest BCUT2D eigenvalue weighted by Gasteiger charge is -2.29. The second-order valence-electron chi connectivity index (χ2n) is 13.9. The third-order valence-electron chi connectivity index (χ3n) is 9.96. The fourth-order valence-corrected chi connectivity index (χ4v) is 7.12. The van der Waals surface area contributed by atoms with Crippen LogP contribution in [0.4, 0.5) is 13.6 Å². The molecule has 5 atom stereocenters. The molecule has 2 aromatic carbocycles. The lowest BCUT2D eigenvalue weighted by molar-refractivity contribution is -0.150. The average molecular weight is 734 g/mol. The van der Waals surface area contributed by atoms with Crippen LogP contribution in [0.15, 0.2) is 60.7 Å². The maximum Gasteiger partial charge on any atom is 0.408 e. The summed E-state index contributed by atoms with van der Waals surface area (Å²) in [5.41, 5.74) is 0.539. The van der Waals surface area contributed by atoms with Gasteiger partial charge >= 0.3 is 18.0 Å². The van der Waals surface area contributed by atoms with E-state index in [2.05, 4.69) is 10.6 Å². The molecule has 53 heavy (non-hydrogen) atoms. The normalized spacial score (nSPS) is 28.1. The Morgan fingerprint density at radius 3 is 2.62 bits per heavy atom. The maximum atomic E-state index is 15.0. The minimum absolute atomic E-state index is 0.0114. The highest BCUT2D eigenvalue weighted by Gasteiger charge is 2.62. The standard InChI is InChI=1S/C38H41F2N5O8/c1-2-50-35(48)38-19-24(38)12-6-4-3-5-7-16-29-34(47)45-20-26(18-30(45)32(46)44-38)53-33-31(41-27-14-8-9-15-28(27)42-33)23-11-10-13-25(17-23)51-21-37(39,40)22-52-36(49)43-29/h6,8-15,17,24,26,29-30H,2-5,7,16,18-22H2,1H3,(H,43,49)(H,44,46)/b12-6-/t24-,26-,29+,30+,38-/m1/s1. The summed E-state index contributed by atoms with van der Waals surface area (Å²) >= 11 is 0. The number of carbonyl (C=O) groups is 4. The molecule has 3 aliphatic heterocycles. The number of hydrogen-bond donors (Lipinski definition) is 2. The summed E-state index contributed by atoms with van der Waals surface area (Å²) in [5.74, 6) is -5.42. The Labute approximate surface area is 304 Å². The van der Waals surface area contributed by atoms with Gasteiger partial charge in [-0.25, -0.2) is 19.6 Å². The molecule has 1 aliphatic carbocycles. The van der Waals surface area contributed by atoms with Crippen molar-refractivity contribution in [2.45, 2.75) is 81.5 Å². The lowest BCUT2D eigenvalue weighted by atomic mass is 10.0. The van der Waals surface area contributed by atoms with Gasteiger partial charge in [0.15, 0.2) is 13.2 Å². The summed E-state index contributed by atoms with van der Waals surface area (Å²) in [6.45, 7) is -0.667. The van der Waals surface area contributed by atoms with Gasteiger partial charge in [0, 0.05) is 17.9 Å². The number of allylic oxidation sites excluding steroid dienone is 1. The number of amides is 3. The number of rotatable bonds is 2. The van der Waals surface area contributed by atoms with Crippen molar-refractivity contribution >= 4 is 34.9 Å². The molecule has 0 spiro atoms. The first-order chi connectivity index (χ1) is 25.5. The second-order valence-corrected chi connectivity index (χ2v) is 13.9. The first-order valence-corrected chi connectivity index (χ1v) is 18.0. The highest BCUT2D eigenvalue weighted by atomic mass is 19.3. The van der Waals surface area contributed by atoms with Crippen molar-refractivity contribution in [3.63, 3.8) is 0 Å². The zero-order chi connectivity index (χ0) is 37.2. The highest BCUT2D eigenvalue weighted by molar-refractivity contribution is 5.96. The molecule has 15 heteroatoms. The van der Waals surface area contributed by atoms with Crippen molar-refractivity contribution in [2.24, 2.45) is 5.92 Å². The Morgan fingerprint density at radius 2 is 1.81 bits per heavy atom. The zero-order valence-electron chi connectivity index (χ0n) is 29.2. The first-order valence-electron chi connectivity index (χ1n) is 18.0. The highest BCUT2D eigenvalue weighted by Crippen LogP contribution is 2.46. The molecule has 3 amide bonds. The van der Waals surface area contributed by atoms with Crippen LogP contribution in [0.3, 0.4) is 0 Å². The molecule has 0 unspecified atom stereocenters. The van der Waals surface area contributed by atoms with Gasteiger partial charge in [0.05, 0.1) is 24.2 Å². The summed E-state index contributed by atoms with van der Waals surface area (Å²) in [5, 5.41) is 5.39. The molecular weight excluding hydrogens is 692 g/mol. The molecule has 4 heterocycles. The van der Waals surface area contributed by atoms with Crippen LogP contribution in [0, 0.1) is 5.92 Å². The Kier molecular flexibility index (Phi) is 10.2. The molecule has 4 aliphatic rings. The summed E-state index contributed by atoms with van der Waals surface area (Å²) in [4.78, 5) is 65.7. The Balaban J connectivity index is 1.29. The number of nitrogens with zero attached hydrogens (tertiary/aromatic N) is 3. The largest absolute Gasteiger partial charge is 0.487 e. The number of alkyl carbamates (subject to hydrolysis) is 1. The van der Waals surface area contributed by atoms with E-state index in [9.17, 15) is 28.0 Å². The molecule has 3 aromatic rings. The maximum absolute atomic E-state index is 15.0. The van der Waals surface area contributed by atoms with Gasteiger partial charge in [-0.15, -0.1) is 0 Å². The Bertz CT molecular complexity index is 1930. The minimum Gasteiger partial charge on any atom is -0.487 e. The molecule has 7 rings (SSSR count). The number of cyclic esters (lactones) is 1. The number of para-hydroxylation sites is 2. The number of nitrogens with one attached hydrogen (secondary N) is 2. The third kappa shape index (κ3) is 7.88. The summed E-state index contributed by atoms with van der Waals surface area (Å²) in [7, 11) is 0. The van der Waals surface area contributed by atoms with Gasteiger partial charge in [-0.05, 0) is 56.9 Å². The van der Waals surface area contributed by atoms with Gasteiger partial charge in [-0.2, -0.15) is 8.78 Å². The van der Waals surface area contributed by atoms with E-state index in [-0.39, 0.29) is 43.5 Å². The molecule has 13 nitrogen and oxygen atoms in total. The number of carbonyl (C=O) groups excluding carboxylic acids is 4. The predicted molar refractivity (Wildman–Crippen MR) is 186 cm³/mol. The quantitative estimate of drug-likeness (QED) is 0.279. The van der Waals surface area contributed by atoms with Gasteiger partial charge in [-0.3, -0.25) is 9.59 Å². The van der Waals surface area contributed by atoms with Crippen LogP contribution in [-0.2, 0) is 23.9 Å². The summed E-state index contributed by atoms with van der Waals surface area (Å²) < 4.78 is 52.2. The van der Waals surface area contributed by atoms with Crippen LogP contribution < -0.4 is 20.1 Å². The van der Waals surface area contributed by atoms with Crippen molar-refractivity contribution in [3.8, 4) is 22.9 Å². The van der Waals surface area contributed by atoms with E-state index in [1.807, 2.05) is 12.2 Å². The summed E-state index contributed by atoms with van der Waals surface area (Å²) in [6, 6.07) is 11.2. The molecule has 1 saturated carbocycles. The molecule has 1 saturated heterocycles. The van der Waals surface area contributed by atoms with E-state index in [1.54, 1.807) is 43.3 Å². The monoisotopic (exact) mass is 733 g/mol. The molecular formula is C38H41F2N5O8. The van der Waals surface area contributed by atoms with E-state index in [4.69, 9.17) is 28.9 Å². The zero-order valence-corrected chi connectivity index (χ0v) is 29.2. The number of esters is 1. The topological polar surface area (TPSA) is 158 Å². The molecule has 5 bridgehead atoms. The van der Waals surface area contributed by atoms with Crippen molar-refractivity contribution < 1.29 is 46.9 Å². The van der Waals surface area contributed by atoms with E-state index in [0.29, 0.717) is 48.0 Å². The van der Waals surface area contributed by atoms with Crippen LogP contribution in [0.5, 0.6) is 11.6 Å². The van der Waals surface area contributed by atoms with Crippen molar-refractivity contribution in [1.29, 1.82) is 0 Å². The van der Waals surface area contributed by atoms with Gasteiger partial charge in [0.25, 0.3) is 0 Å². The number of hydrogen-bond acceptors (Lipinski definition) is 10. The number of alkyl halides is 2. The average Bonchev–Trinajstić information content (AvgIpc) is 3.68. The van der Waals surface area contributed by atoms with Gasteiger partial charge in [-0.1, -0.05) is 49.3 Å². The SMILES string of the molecule is CCOC(=O)[C@@]12C[C@H]1/C=C\CCCCC[C@@H]1NC(=O)OCC(F)(F)COc3cccc(c3)-c3nc4ccccc4nc3O[C@@H]3C[C@@H](C(=O)N2)N(C3)C1=O. The molecule has 1 aromatic heterocycles. The third-order valence-corrected chi connectivity index (χ3v) is 9.96. The van der Waals surface area contributed by atoms with E-state index < -0.39 is 66.7 Å². The first kappa shape index (κ1) is 36.0. The number of fused-ring (bicyclic) bond motifs is 8. The fourth-order valence-electron chi connectivity index (χ4n) is 7.12. The van der Waals surface area contributed by atoms with E-state index >= 15 is 0 Å². The minimum atomic E-state index is -3.57. The number of ether oxygens (including phenoxy) is 4. The fraction of sp³-hybridized carbons (Fsp3) is 0.474. The van der Waals surface area contributed by atoms with Gasteiger partial charge in [0.2, 0.25) is 17.7 Å². The van der Waals surface area contributed by atoms with Crippen molar-refractivity contribution in [1.82, 2.24) is 25.5 Å².